The molecule has 0 bridgehead atoms. The summed E-state index contributed by atoms with van der Waals surface area (Å²) in [5.41, 5.74) is 4.03. The largest absolute Gasteiger partial charge is 0.492 e. The molecule has 1 aromatic rings. The minimum absolute atomic E-state index is 0.510. The van der Waals surface area contributed by atoms with E-state index in [0.29, 0.717) is 29.9 Å². The lowest BCUT2D eigenvalue weighted by atomic mass is 9.78. The molecule has 5 heteroatoms. The van der Waals surface area contributed by atoms with Crippen LogP contribution in [0.3, 0.4) is 0 Å². The first kappa shape index (κ1) is 22.7. The fourth-order valence-corrected chi connectivity index (χ4v) is 4.21. The second-order valence-electron chi connectivity index (χ2n) is 8.06. The fraction of sp³-hybridized carbons (Fsp3) is 0.440. The van der Waals surface area contributed by atoms with Crippen molar-refractivity contribution in [3.63, 3.8) is 0 Å². The van der Waals surface area contributed by atoms with Crippen LogP contribution in [0.15, 0.2) is 59.4 Å². The summed E-state index contributed by atoms with van der Waals surface area (Å²) in [6.07, 6.45) is 8.03. The van der Waals surface area contributed by atoms with Gasteiger partial charge in [0.25, 0.3) is 0 Å². The topological polar surface area (TPSA) is 9.23 Å². The molecule has 0 aromatic heterocycles. The molecule has 0 heterocycles. The Balaban J connectivity index is 1.43. The van der Waals surface area contributed by atoms with Crippen molar-refractivity contribution in [1.29, 1.82) is 0 Å². The maximum atomic E-state index is 12.8. The van der Waals surface area contributed by atoms with E-state index in [2.05, 4.69) is 12.7 Å². The smallest absolute Gasteiger partial charge is 0.417 e. The Hall–Kier alpha value is -2.03. The molecule has 2 aliphatic carbocycles. The van der Waals surface area contributed by atoms with Gasteiger partial charge in [-0.25, -0.2) is 0 Å². The maximum absolute atomic E-state index is 12.8. The maximum Gasteiger partial charge on any atom is 0.417 e. The number of halogens is 4. The van der Waals surface area contributed by atoms with Gasteiger partial charge in [-0.2, -0.15) is 13.2 Å². The minimum atomic E-state index is -4.33. The molecule has 0 radical (unpaired) electrons. The van der Waals surface area contributed by atoms with Crippen molar-refractivity contribution in [1.82, 2.24) is 0 Å². The first-order valence-electron chi connectivity index (χ1n) is 10.5. The van der Waals surface area contributed by atoms with Gasteiger partial charge in [-0.05, 0) is 79.0 Å². The normalized spacial score (nSPS) is 21.7. The number of hydrogen-bond acceptors (Lipinski definition) is 1. The van der Waals surface area contributed by atoms with Crippen LogP contribution in [0.5, 0.6) is 5.75 Å². The Morgan fingerprint density at radius 3 is 2.50 bits per heavy atom. The molecule has 2 aliphatic rings. The Labute approximate surface area is 182 Å². The lowest BCUT2D eigenvalue weighted by Crippen LogP contribution is -2.17. The van der Waals surface area contributed by atoms with Crippen LogP contribution in [0.25, 0.3) is 0 Å². The first-order chi connectivity index (χ1) is 14.3. The molecule has 1 fully saturated rings. The van der Waals surface area contributed by atoms with E-state index < -0.39 is 11.7 Å². The van der Waals surface area contributed by atoms with Crippen LogP contribution in [0, 0.1) is 18.8 Å². The van der Waals surface area contributed by atoms with E-state index in [4.69, 9.17) is 16.3 Å². The summed E-state index contributed by atoms with van der Waals surface area (Å²) < 4.78 is 44.4. The minimum Gasteiger partial charge on any atom is -0.492 e. The van der Waals surface area contributed by atoms with Crippen LogP contribution in [0.2, 0.25) is 5.02 Å². The molecule has 160 valence electrons. The first-order valence-corrected chi connectivity index (χ1v) is 10.8. The summed E-state index contributed by atoms with van der Waals surface area (Å²) in [6.45, 7) is 4.52. The molecule has 0 unspecified atom stereocenters. The van der Waals surface area contributed by atoms with Crippen molar-refractivity contribution in [3.05, 3.63) is 76.9 Å². The van der Waals surface area contributed by atoms with E-state index in [-0.39, 0.29) is 0 Å². The van der Waals surface area contributed by atoms with Gasteiger partial charge in [0.2, 0.25) is 0 Å². The van der Waals surface area contributed by atoms with Crippen LogP contribution >= 0.6 is 11.6 Å². The third-order valence-corrected chi connectivity index (χ3v) is 6.18. The van der Waals surface area contributed by atoms with Gasteiger partial charge in [-0.15, -0.1) is 5.73 Å². The van der Waals surface area contributed by atoms with Crippen molar-refractivity contribution >= 4 is 11.6 Å². The molecule has 1 aromatic carbocycles. The zero-order chi connectivity index (χ0) is 21.6. The molecule has 1 saturated carbocycles. The van der Waals surface area contributed by atoms with E-state index in [9.17, 15) is 13.2 Å². The average molecular weight is 436 g/mol. The van der Waals surface area contributed by atoms with Gasteiger partial charge in [0, 0.05) is 0 Å². The van der Waals surface area contributed by atoms with E-state index in [1.807, 2.05) is 18.2 Å². The van der Waals surface area contributed by atoms with Gasteiger partial charge in [0.15, 0.2) is 0 Å². The van der Waals surface area contributed by atoms with Crippen molar-refractivity contribution in [3.8, 4) is 5.75 Å². The molecular weight excluding hydrogens is 409 g/mol. The second kappa shape index (κ2) is 10.3. The highest BCUT2D eigenvalue weighted by molar-refractivity contribution is 6.32. The molecule has 0 saturated heterocycles. The number of benzene rings is 1. The van der Waals surface area contributed by atoms with Gasteiger partial charge in [-0.1, -0.05) is 36.6 Å². The van der Waals surface area contributed by atoms with Gasteiger partial charge in [0.1, 0.15) is 12.2 Å². The summed E-state index contributed by atoms with van der Waals surface area (Å²) in [7, 11) is 0. The molecule has 0 aliphatic heterocycles. The molecule has 1 nitrogen and oxygen atoms in total. The highest BCUT2D eigenvalue weighted by atomic mass is 35.5. The van der Waals surface area contributed by atoms with E-state index in [0.717, 1.165) is 67.6 Å². The zero-order valence-electron chi connectivity index (χ0n) is 17.0. The Kier molecular flexibility index (Phi) is 7.80. The van der Waals surface area contributed by atoms with Crippen LogP contribution in [-0.4, -0.2) is 12.8 Å². The molecule has 0 amide bonds. The molecular formula is C25H27ClF3O+. The predicted molar refractivity (Wildman–Crippen MR) is 116 cm³/mol. The van der Waals surface area contributed by atoms with Gasteiger partial charge >= 0.3 is 6.18 Å². The van der Waals surface area contributed by atoms with E-state index >= 15 is 0 Å². The fourth-order valence-electron chi connectivity index (χ4n) is 4.04. The van der Waals surface area contributed by atoms with E-state index in [1.54, 1.807) is 12.2 Å². The van der Waals surface area contributed by atoms with Crippen molar-refractivity contribution in [2.45, 2.75) is 51.1 Å². The summed E-state index contributed by atoms with van der Waals surface area (Å²) in [5.74, 6) is 1.85. The summed E-state index contributed by atoms with van der Waals surface area (Å²) in [4.78, 5) is 0. The van der Waals surface area contributed by atoms with Gasteiger partial charge < -0.3 is 4.74 Å². The quantitative estimate of drug-likeness (QED) is 0.313. The lowest BCUT2D eigenvalue weighted by molar-refractivity contribution is -0.0881. The molecule has 0 spiro atoms. The highest BCUT2D eigenvalue weighted by Gasteiger charge is 2.31. The standard InChI is InChI=1S/C25H27ClF3O/c1-2-18-11-13-23(26)24(17-18)30-15-14-19-6-8-21(9-7-19)16-20-4-3-5-22(12-10-20)25(27,28)29/h4-5,10-13,17,19,21H,1-2,6-9,14-16H2/q+1. The van der Waals surface area contributed by atoms with Crippen molar-refractivity contribution in [2.75, 3.05) is 6.61 Å². The monoisotopic (exact) mass is 435 g/mol. The number of allylic oxidation sites excluding steroid dienone is 5. The van der Waals surface area contributed by atoms with Crippen molar-refractivity contribution < 1.29 is 17.9 Å². The van der Waals surface area contributed by atoms with Crippen molar-refractivity contribution in [2.24, 2.45) is 11.8 Å². The summed E-state index contributed by atoms with van der Waals surface area (Å²) in [6, 6.07) is 5.76. The lowest BCUT2D eigenvalue weighted by Gasteiger charge is -2.28. The SMILES string of the molecule is [CH2+]Cc1ccc(Cl)c(OCCC2CCC(CC3=CC=C(C(F)(F)F)C=C=C3)CC2)c1. The predicted octanol–water partition coefficient (Wildman–Crippen LogP) is 7.82. The van der Waals surface area contributed by atoms with Gasteiger partial charge in [0.05, 0.1) is 24.1 Å². The number of alkyl halides is 3. The summed E-state index contributed by atoms with van der Waals surface area (Å²) >= 11 is 6.20. The molecule has 30 heavy (non-hydrogen) atoms. The van der Waals surface area contributed by atoms with Gasteiger partial charge in [-0.3, -0.25) is 0 Å². The van der Waals surface area contributed by atoms with Crippen LogP contribution < -0.4 is 4.74 Å². The number of rotatable bonds is 7. The van der Waals surface area contributed by atoms with Crippen LogP contribution in [0.4, 0.5) is 13.2 Å². The Morgan fingerprint density at radius 2 is 1.80 bits per heavy atom. The number of ether oxygens (including phenoxy) is 1. The Morgan fingerprint density at radius 1 is 1.07 bits per heavy atom. The zero-order valence-corrected chi connectivity index (χ0v) is 17.7. The van der Waals surface area contributed by atoms with E-state index in [1.165, 1.54) is 0 Å². The second-order valence-corrected chi connectivity index (χ2v) is 8.47. The highest BCUT2D eigenvalue weighted by Crippen LogP contribution is 2.35. The third-order valence-electron chi connectivity index (χ3n) is 5.87. The molecule has 0 N–H and O–H groups in total. The Bertz CT molecular complexity index is 852. The van der Waals surface area contributed by atoms with Crippen LogP contribution in [-0.2, 0) is 6.42 Å². The molecule has 0 atom stereocenters. The third kappa shape index (κ3) is 6.48. The average Bonchev–Trinajstić information content (AvgIpc) is 2.96. The molecule has 3 rings (SSSR count). The van der Waals surface area contributed by atoms with Crippen LogP contribution in [0.1, 0.15) is 44.1 Å². The number of hydrogen-bond donors (Lipinski definition) is 0. The summed E-state index contributed by atoms with van der Waals surface area (Å²) in [5, 5.41) is 0.623.